The van der Waals surface area contributed by atoms with Gasteiger partial charge in [0.15, 0.2) is 0 Å². The number of ether oxygens (including phenoxy) is 1. The number of aromatic nitrogens is 3. The molecule has 0 radical (unpaired) electrons. The quantitative estimate of drug-likeness (QED) is 0.786. The summed E-state index contributed by atoms with van der Waals surface area (Å²) < 4.78 is 7.24. The summed E-state index contributed by atoms with van der Waals surface area (Å²) in [7, 11) is 1.77. The van der Waals surface area contributed by atoms with Crippen molar-refractivity contribution in [1.29, 1.82) is 0 Å². The van der Waals surface area contributed by atoms with Crippen molar-refractivity contribution < 1.29 is 9.53 Å². The monoisotopic (exact) mass is 308 g/mol. The van der Waals surface area contributed by atoms with Gasteiger partial charge in [0, 0.05) is 25.1 Å². The lowest BCUT2D eigenvalue weighted by Crippen LogP contribution is -2.10. The molecule has 0 aliphatic rings. The second-order valence-electron chi connectivity index (χ2n) is 4.99. The molecule has 1 N–H and O–H groups in total. The van der Waals surface area contributed by atoms with Crippen LogP contribution in [0.4, 0.5) is 5.69 Å². The van der Waals surface area contributed by atoms with Crippen LogP contribution in [0.1, 0.15) is 16.1 Å². The van der Waals surface area contributed by atoms with E-state index in [0.29, 0.717) is 17.9 Å². The Morgan fingerprint density at radius 2 is 2.04 bits per heavy atom. The van der Waals surface area contributed by atoms with Crippen LogP contribution in [0.25, 0.3) is 0 Å². The fourth-order valence-corrected chi connectivity index (χ4v) is 2.02. The average Bonchev–Trinajstić information content (AvgIpc) is 3.02. The number of hydrogen-bond acceptors (Lipinski definition) is 4. The molecule has 0 fully saturated rings. The number of anilines is 1. The van der Waals surface area contributed by atoms with Crippen molar-refractivity contribution in [2.24, 2.45) is 7.05 Å². The third-order valence-corrected chi connectivity index (χ3v) is 3.19. The molecular formula is C17H16N4O2. The van der Waals surface area contributed by atoms with Crippen molar-refractivity contribution in [3.05, 3.63) is 72.3 Å². The third kappa shape index (κ3) is 3.94. The van der Waals surface area contributed by atoms with Crippen LogP contribution in [0.15, 0.2) is 61.1 Å². The van der Waals surface area contributed by atoms with Crippen molar-refractivity contribution in [1.82, 2.24) is 14.8 Å². The molecule has 0 saturated heterocycles. The van der Waals surface area contributed by atoms with Crippen molar-refractivity contribution in [3.63, 3.8) is 0 Å². The minimum Gasteiger partial charge on any atom is -0.487 e. The number of carbonyl (C=O) groups excluding carboxylic acids is 1. The van der Waals surface area contributed by atoms with E-state index in [1.54, 1.807) is 36.3 Å². The number of amides is 1. The molecule has 2 heterocycles. The third-order valence-electron chi connectivity index (χ3n) is 3.19. The molecule has 3 rings (SSSR count). The standard InChI is InChI=1S/C17H16N4O2/c1-21-11-13(10-19-21)17(22)20-14-5-7-16(8-6-14)23-12-15-4-2-3-9-18-15/h2-11H,12H2,1H3,(H,20,22). The Labute approximate surface area is 133 Å². The zero-order chi connectivity index (χ0) is 16.1. The van der Waals surface area contributed by atoms with Gasteiger partial charge >= 0.3 is 0 Å². The first-order valence-corrected chi connectivity index (χ1v) is 7.13. The number of carbonyl (C=O) groups is 1. The molecule has 0 spiro atoms. The van der Waals surface area contributed by atoms with Crippen LogP contribution in [0.5, 0.6) is 5.75 Å². The van der Waals surface area contributed by atoms with E-state index in [-0.39, 0.29) is 5.91 Å². The number of nitrogens with zero attached hydrogens (tertiary/aromatic N) is 3. The van der Waals surface area contributed by atoms with Gasteiger partial charge in [0.05, 0.1) is 17.5 Å². The molecule has 2 aromatic heterocycles. The van der Waals surface area contributed by atoms with Gasteiger partial charge in [0.1, 0.15) is 12.4 Å². The smallest absolute Gasteiger partial charge is 0.258 e. The predicted molar refractivity (Wildman–Crippen MR) is 86.2 cm³/mol. The minimum absolute atomic E-state index is 0.194. The molecule has 0 aliphatic carbocycles. The van der Waals surface area contributed by atoms with Crippen LogP contribution < -0.4 is 10.1 Å². The van der Waals surface area contributed by atoms with E-state index in [1.807, 2.05) is 30.3 Å². The summed E-state index contributed by atoms with van der Waals surface area (Å²) in [5.41, 5.74) is 2.08. The Morgan fingerprint density at radius 1 is 1.22 bits per heavy atom. The molecule has 1 aromatic carbocycles. The molecule has 0 bridgehead atoms. The zero-order valence-corrected chi connectivity index (χ0v) is 12.6. The Balaban J connectivity index is 1.57. The first-order chi connectivity index (χ1) is 11.2. The number of aryl methyl sites for hydroxylation is 1. The van der Waals surface area contributed by atoms with Gasteiger partial charge in [-0.1, -0.05) is 6.07 Å². The summed E-state index contributed by atoms with van der Waals surface area (Å²) >= 11 is 0. The van der Waals surface area contributed by atoms with Crippen LogP contribution in [0, 0.1) is 0 Å². The predicted octanol–water partition coefficient (Wildman–Crippen LogP) is 2.65. The molecule has 0 atom stereocenters. The molecule has 116 valence electrons. The largest absolute Gasteiger partial charge is 0.487 e. The van der Waals surface area contributed by atoms with E-state index < -0.39 is 0 Å². The van der Waals surface area contributed by atoms with E-state index in [1.165, 1.54) is 6.20 Å². The normalized spacial score (nSPS) is 10.3. The first-order valence-electron chi connectivity index (χ1n) is 7.13. The Morgan fingerprint density at radius 3 is 2.70 bits per heavy atom. The van der Waals surface area contributed by atoms with E-state index in [4.69, 9.17) is 4.74 Å². The molecule has 6 nitrogen and oxygen atoms in total. The minimum atomic E-state index is -0.194. The lowest BCUT2D eigenvalue weighted by atomic mass is 10.2. The Bertz CT molecular complexity index is 782. The molecular weight excluding hydrogens is 292 g/mol. The summed E-state index contributed by atoms with van der Waals surface area (Å²) in [4.78, 5) is 16.2. The molecule has 0 unspecified atom stereocenters. The van der Waals surface area contributed by atoms with E-state index >= 15 is 0 Å². The Hall–Kier alpha value is -3.15. The van der Waals surface area contributed by atoms with Crippen LogP contribution in [-0.2, 0) is 13.7 Å². The number of rotatable bonds is 5. The van der Waals surface area contributed by atoms with E-state index in [2.05, 4.69) is 15.4 Å². The number of pyridine rings is 1. The van der Waals surface area contributed by atoms with Crippen molar-refractivity contribution in [2.75, 3.05) is 5.32 Å². The van der Waals surface area contributed by atoms with Crippen LogP contribution in [-0.4, -0.2) is 20.7 Å². The fourth-order valence-electron chi connectivity index (χ4n) is 2.02. The van der Waals surface area contributed by atoms with Gasteiger partial charge in [-0.2, -0.15) is 5.10 Å². The van der Waals surface area contributed by atoms with E-state index in [9.17, 15) is 4.79 Å². The van der Waals surface area contributed by atoms with Crippen molar-refractivity contribution in [2.45, 2.75) is 6.61 Å². The number of nitrogens with one attached hydrogen (secondary N) is 1. The number of benzene rings is 1. The molecule has 6 heteroatoms. The molecule has 0 aliphatic heterocycles. The van der Waals surface area contributed by atoms with Crippen LogP contribution in [0.3, 0.4) is 0 Å². The second-order valence-corrected chi connectivity index (χ2v) is 4.99. The van der Waals surface area contributed by atoms with Crippen molar-refractivity contribution >= 4 is 11.6 Å². The summed E-state index contributed by atoms with van der Waals surface area (Å²) in [5, 5.41) is 6.79. The van der Waals surface area contributed by atoms with Crippen molar-refractivity contribution in [3.8, 4) is 5.75 Å². The maximum Gasteiger partial charge on any atom is 0.258 e. The van der Waals surface area contributed by atoms with Gasteiger partial charge in [-0.05, 0) is 36.4 Å². The lowest BCUT2D eigenvalue weighted by Gasteiger charge is -2.07. The van der Waals surface area contributed by atoms with Crippen LogP contribution >= 0.6 is 0 Å². The number of hydrogen-bond donors (Lipinski definition) is 1. The van der Waals surface area contributed by atoms with Crippen LogP contribution in [0.2, 0.25) is 0 Å². The lowest BCUT2D eigenvalue weighted by molar-refractivity contribution is 0.102. The maximum atomic E-state index is 12.0. The second kappa shape index (κ2) is 6.74. The summed E-state index contributed by atoms with van der Waals surface area (Å²) in [6, 6.07) is 12.9. The highest BCUT2D eigenvalue weighted by Gasteiger charge is 2.08. The Kier molecular flexibility index (Phi) is 4.33. The van der Waals surface area contributed by atoms with Gasteiger partial charge in [-0.15, -0.1) is 0 Å². The van der Waals surface area contributed by atoms with Gasteiger partial charge < -0.3 is 10.1 Å². The highest BCUT2D eigenvalue weighted by Crippen LogP contribution is 2.17. The highest BCUT2D eigenvalue weighted by molar-refractivity contribution is 6.03. The van der Waals surface area contributed by atoms with Gasteiger partial charge in [-0.25, -0.2) is 0 Å². The van der Waals surface area contributed by atoms with Gasteiger partial charge in [-0.3, -0.25) is 14.5 Å². The summed E-state index contributed by atoms with van der Waals surface area (Å²) in [5.74, 6) is 0.523. The average molecular weight is 308 g/mol. The maximum absolute atomic E-state index is 12.0. The first kappa shape index (κ1) is 14.8. The van der Waals surface area contributed by atoms with E-state index in [0.717, 1.165) is 11.4 Å². The zero-order valence-electron chi connectivity index (χ0n) is 12.6. The van der Waals surface area contributed by atoms with Gasteiger partial charge in [0.2, 0.25) is 0 Å². The fraction of sp³-hybridized carbons (Fsp3) is 0.118. The summed E-state index contributed by atoms with van der Waals surface area (Å²) in [6.07, 6.45) is 4.93. The molecule has 23 heavy (non-hydrogen) atoms. The topological polar surface area (TPSA) is 69.0 Å². The SMILES string of the molecule is Cn1cc(C(=O)Nc2ccc(OCc3ccccn3)cc2)cn1. The van der Waals surface area contributed by atoms with Gasteiger partial charge in [0.25, 0.3) is 5.91 Å². The molecule has 1 amide bonds. The molecule has 3 aromatic rings. The molecule has 0 saturated carbocycles. The highest BCUT2D eigenvalue weighted by atomic mass is 16.5. The summed E-state index contributed by atoms with van der Waals surface area (Å²) in [6.45, 7) is 0.405.